The lowest BCUT2D eigenvalue weighted by Crippen LogP contribution is -2.33. The molecule has 0 amide bonds. The summed E-state index contributed by atoms with van der Waals surface area (Å²) in [7, 11) is 1.82. The van der Waals surface area contributed by atoms with Crippen LogP contribution >= 0.6 is 12.8 Å². The monoisotopic (exact) mass is 158 g/mol. The number of thiol groups is 1. The summed E-state index contributed by atoms with van der Waals surface area (Å²) in [5.41, 5.74) is 0. The molecule has 0 aromatic carbocycles. The van der Waals surface area contributed by atoms with Gasteiger partial charge in [-0.05, 0) is 6.92 Å². The van der Waals surface area contributed by atoms with Crippen LogP contribution in [0.15, 0.2) is 4.99 Å². The molecule has 5 heteroatoms. The SMILES string of the molecule is CCN(C)C(=NC#N)NS. The molecule has 0 saturated heterocycles. The minimum Gasteiger partial charge on any atom is -0.345 e. The lowest BCUT2D eigenvalue weighted by atomic mass is 10.6. The Bertz CT molecular complexity index is 160. The fourth-order valence-electron chi connectivity index (χ4n) is 0.393. The molecule has 0 aromatic heterocycles. The van der Waals surface area contributed by atoms with Gasteiger partial charge >= 0.3 is 0 Å². The predicted octanol–water partition coefficient (Wildman–Crippen LogP) is 0.210. The van der Waals surface area contributed by atoms with E-state index in [0.29, 0.717) is 5.96 Å². The zero-order valence-electron chi connectivity index (χ0n) is 6.00. The maximum atomic E-state index is 8.17. The Hall–Kier alpha value is -0.890. The van der Waals surface area contributed by atoms with Gasteiger partial charge in [-0.1, -0.05) is 12.8 Å². The molecular formula is C5H10N4S. The molecule has 0 saturated carbocycles. The van der Waals surface area contributed by atoms with E-state index in [4.69, 9.17) is 5.26 Å². The lowest BCUT2D eigenvalue weighted by molar-refractivity contribution is 0.525. The van der Waals surface area contributed by atoms with Gasteiger partial charge in [-0.3, -0.25) is 0 Å². The molecule has 0 spiro atoms. The highest BCUT2D eigenvalue weighted by atomic mass is 32.1. The number of nitrogens with one attached hydrogen (secondary N) is 1. The van der Waals surface area contributed by atoms with E-state index in [1.807, 2.05) is 14.0 Å². The van der Waals surface area contributed by atoms with Gasteiger partial charge < -0.3 is 9.62 Å². The molecule has 0 heterocycles. The molecule has 0 fully saturated rings. The first-order valence-electron chi connectivity index (χ1n) is 2.84. The topological polar surface area (TPSA) is 51.4 Å². The average molecular weight is 158 g/mol. The molecular weight excluding hydrogens is 148 g/mol. The summed E-state index contributed by atoms with van der Waals surface area (Å²) in [6.07, 6.45) is 1.67. The first kappa shape index (κ1) is 9.11. The molecule has 0 aromatic rings. The van der Waals surface area contributed by atoms with Crippen LogP contribution in [0.3, 0.4) is 0 Å². The van der Waals surface area contributed by atoms with E-state index in [2.05, 4.69) is 22.5 Å². The first-order chi connectivity index (χ1) is 4.76. The molecule has 56 valence electrons. The quantitative estimate of drug-likeness (QED) is 0.248. The standard InChI is InChI=1S/C5H10N4S/c1-3-9(2)5(8-10)7-4-6/h10H,3H2,1-2H3,(H,7,8). The van der Waals surface area contributed by atoms with Gasteiger partial charge in [0.25, 0.3) is 0 Å². The number of hydrogen-bond acceptors (Lipinski definition) is 3. The van der Waals surface area contributed by atoms with Crippen LogP contribution in [0.4, 0.5) is 0 Å². The average Bonchev–Trinajstić information content (AvgIpc) is 1.99. The van der Waals surface area contributed by atoms with E-state index in [1.54, 1.807) is 11.1 Å². The molecule has 0 unspecified atom stereocenters. The molecule has 0 rings (SSSR count). The van der Waals surface area contributed by atoms with E-state index in [1.165, 1.54) is 0 Å². The maximum Gasteiger partial charge on any atom is 0.219 e. The van der Waals surface area contributed by atoms with E-state index < -0.39 is 0 Å². The van der Waals surface area contributed by atoms with Gasteiger partial charge in [-0.25, -0.2) is 0 Å². The smallest absolute Gasteiger partial charge is 0.219 e. The minimum atomic E-state index is 0.466. The van der Waals surface area contributed by atoms with Gasteiger partial charge in [-0.15, -0.1) is 4.99 Å². The van der Waals surface area contributed by atoms with Crippen molar-refractivity contribution in [1.29, 1.82) is 5.26 Å². The summed E-state index contributed by atoms with van der Waals surface area (Å²) in [6.45, 7) is 2.74. The number of guanidine groups is 1. The third-order valence-electron chi connectivity index (χ3n) is 1.09. The second kappa shape index (κ2) is 4.94. The highest BCUT2D eigenvalue weighted by molar-refractivity contribution is 7.78. The molecule has 0 atom stereocenters. The highest BCUT2D eigenvalue weighted by Crippen LogP contribution is 1.84. The zero-order valence-corrected chi connectivity index (χ0v) is 6.89. The lowest BCUT2D eigenvalue weighted by Gasteiger charge is -2.15. The van der Waals surface area contributed by atoms with Gasteiger partial charge in [-0.2, -0.15) is 5.26 Å². The number of rotatable bonds is 1. The van der Waals surface area contributed by atoms with Crippen molar-refractivity contribution in [1.82, 2.24) is 9.62 Å². The predicted molar refractivity (Wildman–Crippen MR) is 43.5 cm³/mol. The van der Waals surface area contributed by atoms with Gasteiger partial charge in [0, 0.05) is 13.6 Å². The second-order valence-electron chi connectivity index (χ2n) is 1.66. The van der Waals surface area contributed by atoms with Crippen molar-refractivity contribution in [3.05, 3.63) is 0 Å². The van der Waals surface area contributed by atoms with Crippen LogP contribution in [0.1, 0.15) is 6.92 Å². The van der Waals surface area contributed by atoms with E-state index in [9.17, 15) is 0 Å². The Morgan fingerprint density at radius 2 is 2.50 bits per heavy atom. The normalized spacial score (nSPS) is 10.4. The van der Waals surface area contributed by atoms with Crippen LogP contribution < -0.4 is 4.72 Å². The number of hydrogen-bond donors (Lipinski definition) is 2. The van der Waals surface area contributed by atoms with Gasteiger partial charge in [0.15, 0.2) is 0 Å². The highest BCUT2D eigenvalue weighted by Gasteiger charge is 1.99. The van der Waals surface area contributed by atoms with E-state index >= 15 is 0 Å². The van der Waals surface area contributed by atoms with Crippen LogP contribution in [0.2, 0.25) is 0 Å². The number of nitrogens with zero attached hydrogens (tertiary/aromatic N) is 3. The van der Waals surface area contributed by atoms with Crippen molar-refractivity contribution >= 4 is 18.8 Å². The van der Waals surface area contributed by atoms with E-state index in [0.717, 1.165) is 6.54 Å². The molecule has 1 N–H and O–H groups in total. The number of nitriles is 1. The molecule has 0 bridgehead atoms. The largest absolute Gasteiger partial charge is 0.345 e. The summed E-state index contributed by atoms with van der Waals surface area (Å²) in [6, 6.07) is 0. The van der Waals surface area contributed by atoms with Crippen LogP contribution in [0.5, 0.6) is 0 Å². The molecule has 0 aliphatic carbocycles. The van der Waals surface area contributed by atoms with Gasteiger partial charge in [0.2, 0.25) is 12.2 Å². The molecule has 4 nitrogen and oxygen atoms in total. The van der Waals surface area contributed by atoms with Crippen LogP contribution in [-0.4, -0.2) is 24.5 Å². The fraction of sp³-hybridized carbons (Fsp3) is 0.600. The van der Waals surface area contributed by atoms with Crippen LogP contribution in [0, 0.1) is 11.5 Å². The molecule has 10 heavy (non-hydrogen) atoms. The van der Waals surface area contributed by atoms with Crippen molar-refractivity contribution in [2.24, 2.45) is 4.99 Å². The Kier molecular flexibility index (Phi) is 4.50. The third kappa shape index (κ3) is 2.60. The summed E-state index contributed by atoms with van der Waals surface area (Å²) in [4.78, 5) is 5.25. The Morgan fingerprint density at radius 1 is 1.90 bits per heavy atom. The zero-order chi connectivity index (χ0) is 7.98. The Labute approximate surface area is 66.1 Å². The van der Waals surface area contributed by atoms with Crippen LogP contribution in [-0.2, 0) is 0 Å². The van der Waals surface area contributed by atoms with Crippen molar-refractivity contribution in [3.8, 4) is 6.19 Å². The summed E-state index contributed by atoms with van der Waals surface area (Å²) in [5.74, 6) is 0.466. The van der Waals surface area contributed by atoms with Crippen molar-refractivity contribution in [2.75, 3.05) is 13.6 Å². The third-order valence-corrected chi connectivity index (χ3v) is 1.29. The molecule has 0 aliphatic heterocycles. The van der Waals surface area contributed by atoms with Gasteiger partial charge in [0.05, 0.1) is 0 Å². The van der Waals surface area contributed by atoms with Crippen molar-refractivity contribution in [2.45, 2.75) is 6.92 Å². The number of aliphatic imine (C=N–C) groups is 1. The van der Waals surface area contributed by atoms with Gasteiger partial charge in [0.1, 0.15) is 0 Å². The Morgan fingerprint density at radius 3 is 2.80 bits per heavy atom. The van der Waals surface area contributed by atoms with Crippen molar-refractivity contribution in [3.63, 3.8) is 0 Å². The summed E-state index contributed by atoms with van der Waals surface area (Å²) < 4.78 is 2.50. The molecule has 0 radical (unpaired) electrons. The van der Waals surface area contributed by atoms with Crippen molar-refractivity contribution < 1.29 is 0 Å². The summed E-state index contributed by atoms with van der Waals surface area (Å²) in [5, 5.41) is 8.17. The van der Waals surface area contributed by atoms with E-state index in [-0.39, 0.29) is 0 Å². The minimum absolute atomic E-state index is 0.466. The second-order valence-corrected chi connectivity index (χ2v) is 1.88. The van der Waals surface area contributed by atoms with Crippen LogP contribution in [0.25, 0.3) is 0 Å². The Balaban J connectivity index is 4.09. The maximum absolute atomic E-state index is 8.17. The molecule has 0 aliphatic rings. The summed E-state index contributed by atoms with van der Waals surface area (Å²) >= 11 is 3.77. The first-order valence-corrected chi connectivity index (χ1v) is 3.29. The fourth-order valence-corrected chi connectivity index (χ4v) is 0.614.